The third kappa shape index (κ3) is 3.49. The molecule has 0 spiro atoms. The zero-order valence-electron chi connectivity index (χ0n) is 16.0. The molecule has 0 radical (unpaired) electrons. The van der Waals surface area contributed by atoms with Crippen molar-refractivity contribution in [2.75, 3.05) is 19.0 Å². The van der Waals surface area contributed by atoms with Gasteiger partial charge in [-0.15, -0.1) is 4.68 Å². The van der Waals surface area contributed by atoms with Gasteiger partial charge in [-0.25, -0.2) is 9.59 Å². The number of allylic oxidation sites excluding steroid dienone is 1. The fourth-order valence-corrected chi connectivity index (χ4v) is 3.64. The molecular weight excluding hydrogens is 382 g/mol. The van der Waals surface area contributed by atoms with Gasteiger partial charge in [-0.2, -0.15) is 5.10 Å². The van der Waals surface area contributed by atoms with Gasteiger partial charge in [0, 0.05) is 22.2 Å². The third-order valence-electron chi connectivity index (χ3n) is 4.55. The van der Waals surface area contributed by atoms with Crippen molar-refractivity contribution < 1.29 is 19.1 Å². The highest BCUT2D eigenvalue weighted by Gasteiger charge is 2.38. The summed E-state index contributed by atoms with van der Waals surface area (Å²) in [6, 6.07) is 7.31. The van der Waals surface area contributed by atoms with Crippen LogP contribution in [0.2, 0.25) is 5.02 Å². The van der Waals surface area contributed by atoms with E-state index in [0.717, 1.165) is 16.7 Å². The number of methoxy groups -OCH3 is 1. The van der Waals surface area contributed by atoms with Gasteiger partial charge in [-0.3, -0.25) is 0 Å². The predicted octanol–water partition coefficient (Wildman–Crippen LogP) is 4.33. The Bertz CT molecular complexity index is 935. The summed E-state index contributed by atoms with van der Waals surface area (Å²) in [6.07, 6.45) is 2.32. The van der Waals surface area contributed by atoms with E-state index in [-0.39, 0.29) is 6.61 Å². The van der Waals surface area contributed by atoms with Gasteiger partial charge >= 0.3 is 12.1 Å². The van der Waals surface area contributed by atoms with Crippen molar-refractivity contribution in [1.82, 2.24) is 9.78 Å². The maximum absolute atomic E-state index is 12.9. The molecule has 0 fully saturated rings. The average Bonchev–Trinajstić information content (AvgIpc) is 3.11. The Labute approximate surface area is 168 Å². The van der Waals surface area contributed by atoms with E-state index in [1.807, 2.05) is 25.1 Å². The lowest BCUT2D eigenvalue weighted by Crippen LogP contribution is -2.27. The lowest BCUT2D eigenvalue weighted by molar-refractivity contribution is -0.138. The van der Waals surface area contributed by atoms with Crippen LogP contribution < -0.4 is 5.32 Å². The van der Waals surface area contributed by atoms with Crippen molar-refractivity contribution in [2.24, 2.45) is 0 Å². The number of nitrogens with one attached hydrogen (secondary N) is 1. The number of hydrogen-bond acceptors (Lipinski definition) is 6. The number of aromatic nitrogens is 2. The molecule has 2 heterocycles. The van der Waals surface area contributed by atoms with Crippen LogP contribution in [0.5, 0.6) is 0 Å². The molecule has 0 saturated carbocycles. The Morgan fingerprint density at radius 2 is 2.00 bits per heavy atom. The minimum Gasteiger partial charge on any atom is -0.463 e. The first-order valence-corrected chi connectivity index (χ1v) is 9.49. The van der Waals surface area contributed by atoms with Gasteiger partial charge in [-0.1, -0.05) is 43.1 Å². The third-order valence-corrected chi connectivity index (χ3v) is 4.89. The highest BCUT2D eigenvalue weighted by molar-refractivity contribution is 6.31. The molecule has 1 atom stereocenters. The van der Waals surface area contributed by atoms with Crippen LogP contribution in [0.1, 0.15) is 43.7 Å². The molecule has 0 amide bonds. The van der Waals surface area contributed by atoms with Gasteiger partial charge in [0.25, 0.3) is 0 Å². The number of halogens is 1. The molecule has 3 rings (SSSR count). The molecule has 148 valence electrons. The first kappa shape index (κ1) is 19.9. The smallest absolute Gasteiger partial charge is 0.436 e. The fourth-order valence-electron chi connectivity index (χ4n) is 3.39. The minimum atomic E-state index is -0.623. The summed E-state index contributed by atoms with van der Waals surface area (Å²) in [7, 11) is 1.29. The summed E-state index contributed by atoms with van der Waals surface area (Å²) in [5.41, 5.74) is 2.56. The number of esters is 1. The Hall–Kier alpha value is -2.80. The molecule has 1 aliphatic rings. The van der Waals surface area contributed by atoms with Crippen LogP contribution in [0.25, 0.3) is 0 Å². The van der Waals surface area contributed by atoms with Crippen molar-refractivity contribution in [3.05, 3.63) is 57.9 Å². The van der Waals surface area contributed by atoms with Crippen LogP contribution in [0, 0.1) is 0 Å². The Balaban J connectivity index is 2.26. The Kier molecular flexibility index (Phi) is 6.04. The molecule has 0 aliphatic carbocycles. The molecule has 1 aromatic heterocycles. The molecule has 1 unspecified atom stereocenters. The second-order valence-electron chi connectivity index (χ2n) is 6.27. The van der Waals surface area contributed by atoms with E-state index in [4.69, 9.17) is 21.1 Å². The second kappa shape index (κ2) is 8.48. The van der Waals surface area contributed by atoms with Crippen LogP contribution in [0.3, 0.4) is 0 Å². The van der Waals surface area contributed by atoms with Crippen molar-refractivity contribution in [3.63, 3.8) is 0 Å². The maximum Gasteiger partial charge on any atom is 0.436 e. The topological polar surface area (TPSA) is 82.5 Å². The predicted molar refractivity (Wildman–Crippen MR) is 106 cm³/mol. The van der Waals surface area contributed by atoms with Crippen LogP contribution in [0.4, 0.5) is 10.6 Å². The quantitative estimate of drug-likeness (QED) is 0.748. The van der Waals surface area contributed by atoms with Crippen LogP contribution in [0.15, 0.2) is 41.7 Å². The van der Waals surface area contributed by atoms with Crippen molar-refractivity contribution in [1.29, 1.82) is 0 Å². The average molecular weight is 404 g/mol. The number of rotatable bonds is 5. The van der Waals surface area contributed by atoms with Crippen LogP contribution >= 0.6 is 11.6 Å². The van der Waals surface area contributed by atoms with Gasteiger partial charge in [0.2, 0.25) is 0 Å². The zero-order valence-corrected chi connectivity index (χ0v) is 16.7. The highest BCUT2D eigenvalue weighted by atomic mass is 35.5. The molecule has 28 heavy (non-hydrogen) atoms. The van der Waals surface area contributed by atoms with Crippen molar-refractivity contribution in [2.45, 2.75) is 32.6 Å². The minimum absolute atomic E-state index is 0.255. The van der Waals surface area contributed by atoms with Crippen molar-refractivity contribution in [3.8, 4) is 0 Å². The van der Waals surface area contributed by atoms with E-state index >= 15 is 0 Å². The summed E-state index contributed by atoms with van der Waals surface area (Å²) >= 11 is 6.48. The summed E-state index contributed by atoms with van der Waals surface area (Å²) in [5, 5.41) is 7.89. The van der Waals surface area contributed by atoms with Gasteiger partial charge < -0.3 is 14.8 Å². The normalized spacial score (nSPS) is 15.6. The zero-order chi connectivity index (χ0) is 20.3. The molecule has 1 aliphatic heterocycles. The second-order valence-corrected chi connectivity index (χ2v) is 6.68. The molecule has 0 bridgehead atoms. The SMILES string of the molecule is CCCC1=C(C(=O)OCC)C(c2ccccc2Cl)c2cnn(C(=O)OC)c2N1. The Morgan fingerprint density at radius 1 is 1.25 bits per heavy atom. The molecule has 2 aromatic rings. The molecule has 1 N–H and O–H groups in total. The van der Waals surface area contributed by atoms with Gasteiger partial charge in [0.15, 0.2) is 0 Å². The largest absolute Gasteiger partial charge is 0.463 e. The van der Waals surface area contributed by atoms with Crippen LogP contribution in [-0.2, 0) is 14.3 Å². The standard InChI is InChI=1S/C20H22ClN3O4/c1-4-8-15-17(19(25)28-5-2)16(12-9-6-7-10-14(12)21)13-11-22-24(18(13)23-15)20(26)27-3/h6-7,9-11,16,23H,4-5,8H2,1-3H3. The van der Waals surface area contributed by atoms with E-state index < -0.39 is 18.0 Å². The van der Waals surface area contributed by atoms with E-state index in [1.165, 1.54) is 7.11 Å². The number of carbonyl (C=O) groups is 2. The number of carbonyl (C=O) groups excluding carboxylic acids is 2. The summed E-state index contributed by atoms with van der Waals surface area (Å²) in [6.45, 7) is 4.03. The first-order valence-electron chi connectivity index (χ1n) is 9.11. The lowest BCUT2D eigenvalue weighted by atomic mass is 9.82. The van der Waals surface area contributed by atoms with Gasteiger partial charge in [-0.05, 0) is 25.0 Å². The number of ether oxygens (including phenoxy) is 2. The molecule has 1 aromatic carbocycles. The van der Waals surface area contributed by atoms with E-state index in [0.29, 0.717) is 34.1 Å². The number of benzene rings is 1. The number of fused-ring (bicyclic) bond motifs is 1. The van der Waals surface area contributed by atoms with Crippen LogP contribution in [-0.4, -0.2) is 35.6 Å². The van der Waals surface area contributed by atoms with E-state index in [9.17, 15) is 9.59 Å². The molecular formula is C20H22ClN3O4. The van der Waals surface area contributed by atoms with E-state index in [1.54, 1.807) is 19.2 Å². The summed E-state index contributed by atoms with van der Waals surface area (Å²) in [4.78, 5) is 25.0. The lowest BCUT2D eigenvalue weighted by Gasteiger charge is -2.29. The number of hydrogen-bond donors (Lipinski definition) is 1. The number of nitrogens with zero attached hydrogens (tertiary/aromatic N) is 2. The Morgan fingerprint density at radius 3 is 2.64 bits per heavy atom. The van der Waals surface area contributed by atoms with E-state index in [2.05, 4.69) is 10.4 Å². The summed E-state index contributed by atoms with van der Waals surface area (Å²) in [5.74, 6) is -0.461. The molecule has 7 nitrogen and oxygen atoms in total. The highest BCUT2D eigenvalue weighted by Crippen LogP contribution is 2.45. The monoisotopic (exact) mass is 403 g/mol. The molecule has 8 heteroatoms. The summed E-state index contributed by atoms with van der Waals surface area (Å²) < 4.78 is 11.3. The maximum atomic E-state index is 12.9. The fraction of sp³-hybridized carbons (Fsp3) is 0.350. The first-order chi connectivity index (χ1) is 13.5. The van der Waals surface area contributed by atoms with Gasteiger partial charge in [0.1, 0.15) is 5.82 Å². The van der Waals surface area contributed by atoms with Gasteiger partial charge in [0.05, 0.1) is 25.5 Å². The number of anilines is 1. The molecule has 0 saturated heterocycles. The van der Waals surface area contributed by atoms with Crippen molar-refractivity contribution >= 4 is 29.5 Å².